The Kier molecular flexibility index (Phi) is 7.17. The number of aromatic nitrogens is 2. The molecule has 0 spiro atoms. The molecular formula is C21H27N3O4. The van der Waals surface area contributed by atoms with Gasteiger partial charge in [-0.25, -0.2) is 0 Å². The van der Waals surface area contributed by atoms with Crippen molar-refractivity contribution in [2.45, 2.75) is 63.8 Å². The van der Waals surface area contributed by atoms with Crippen LogP contribution in [0.4, 0.5) is 0 Å². The third kappa shape index (κ3) is 5.90. The highest BCUT2D eigenvalue weighted by Crippen LogP contribution is 2.32. The minimum atomic E-state index is -0.850. The Morgan fingerprint density at radius 3 is 2.61 bits per heavy atom. The van der Waals surface area contributed by atoms with Crippen LogP contribution in [0.5, 0.6) is 0 Å². The summed E-state index contributed by atoms with van der Waals surface area (Å²) in [4.78, 5) is 29.7. The molecule has 0 unspecified atom stereocenters. The first kappa shape index (κ1) is 20.0. The number of nitrogens with zero attached hydrogens (tertiary/aromatic N) is 3. The van der Waals surface area contributed by atoms with Crippen LogP contribution in [-0.4, -0.2) is 38.6 Å². The number of hydrogen-bond donors (Lipinski definition) is 1. The van der Waals surface area contributed by atoms with Crippen LogP contribution in [-0.2, 0) is 22.6 Å². The number of benzene rings is 1. The minimum absolute atomic E-state index is 0.0325. The summed E-state index contributed by atoms with van der Waals surface area (Å²) in [5.74, 6) is 0.772. The second-order valence-electron chi connectivity index (χ2n) is 7.33. The van der Waals surface area contributed by atoms with Gasteiger partial charge in [0.2, 0.25) is 11.8 Å². The van der Waals surface area contributed by atoms with E-state index < -0.39 is 5.97 Å². The second kappa shape index (κ2) is 10.0. The fourth-order valence-electron chi connectivity index (χ4n) is 3.61. The van der Waals surface area contributed by atoms with Crippen LogP contribution < -0.4 is 0 Å². The van der Waals surface area contributed by atoms with Gasteiger partial charge in [0.25, 0.3) is 0 Å². The summed E-state index contributed by atoms with van der Waals surface area (Å²) in [5.41, 5.74) is 1.02. The summed E-state index contributed by atoms with van der Waals surface area (Å²) in [6.07, 6.45) is 5.77. The second-order valence-corrected chi connectivity index (χ2v) is 7.33. The van der Waals surface area contributed by atoms with Gasteiger partial charge < -0.3 is 14.5 Å². The molecule has 7 heteroatoms. The lowest BCUT2D eigenvalue weighted by molar-refractivity contribution is -0.138. The Bertz CT molecular complexity index is 769. The van der Waals surface area contributed by atoms with Gasteiger partial charge in [-0.05, 0) is 24.8 Å². The van der Waals surface area contributed by atoms with E-state index in [1.54, 1.807) is 4.90 Å². The molecule has 1 N–H and O–H groups in total. The number of aliphatic carboxylic acids is 1. The van der Waals surface area contributed by atoms with Gasteiger partial charge in [0.1, 0.15) is 0 Å². The van der Waals surface area contributed by atoms with Crippen molar-refractivity contribution in [3.63, 3.8) is 0 Å². The van der Waals surface area contributed by atoms with E-state index in [4.69, 9.17) is 9.63 Å². The average Bonchev–Trinajstić information content (AvgIpc) is 3.37. The lowest BCUT2D eigenvalue weighted by Gasteiger charge is -2.22. The molecule has 0 bridgehead atoms. The quantitative estimate of drug-likeness (QED) is 0.672. The zero-order valence-corrected chi connectivity index (χ0v) is 16.0. The monoisotopic (exact) mass is 385 g/mol. The minimum Gasteiger partial charge on any atom is -0.481 e. The molecule has 7 nitrogen and oxygen atoms in total. The normalized spacial score (nSPS) is 14.3. The maximum absolute atomic E-state index is 12.7. The molecular weight excluding hydrogens is 358 g/mol. The van der Waals surface area contributed by atoms with Gasteiger partial charge in [-0.2, -0.15) is 4.98 Å². The van der Waals surface area contributed by atoms with Crippen molar-refractivity contribution in [1.82, 2.24) is 15.0 Å². The third-order valence-corrected chi connectivity index (χ3v) is 5.14. The van der Waals surface area contributed by atoms with Gasteiger partial charge in [0.05, 0.1) is 0 Å². The van der Waals surface area contributed by atoms with Gasteiger partial charge in [0.15, 0.2) is 5.82 Å². The Labute approximate surface area is 164 Å². The van der Waals surface area contributed by atoms with Crippen LogP contribution in [0.1, 0.15) is 68.1 Å². The van der Waals surface area contributed by atoms with Crippen molar-refractivity contribution in [3.8, 4) is 0 Å². The maximum atomic E-state index is 12.7. The smallest absolute Gasteiger partial charge is 0.303 e. The van der Waals surface area contributed by atoms with Gasteiger partial charge in [-0.3, -0.25) is 9.59 Å². The van der Waals surface area contributed by atoms with E-state index in [9.17, 15) is 9.59 Å². The Hall–Kier alpha value is -2.70. The Morgan fingerprint density at radius 2 is 1.89 bits per heavy atom. The molecule has 1 heterocycles. The molecule has 3 rings (SSSR count). The predicted molar refractivity (Wildman–Crippen MR) is 103 cm³/mol. The molecule has 1 aliphatic rings. The number of aryl methyl sites for hydroxylation is 1. The van der Waals surface area contributed by atoms with E-state index in [0.29, 0.717) is 37.7 Å². The maximum Gasteiger partial charge on any atom is 0.303 e. The summed E-state index contributed by atoms with van der Waals surface area (Å²) in [6.45, 7) is 0.883. The SMILES string of the molecule is O=C(O)CCCN(Cc1ccccc1)C(=O)CCc1nc(C2CCCC2)no1. The van der Waals surface area contributed by atoms with E-state index in [1.807, 2.05) is 30.3 Å². The first-order valence-corrected chi connectivity index (χ1v) is 9.98. The summed E-state index contributed by atoms with van der Waals surface area (Å²) in [7, 11) is 0. The number of hydrogen-bond acceptors (Lipinski definition) is 5. The van der Waals surface area contributed by atoms with Gasteiger partial charge >= 0.3 is 5.97 Å². The molecule has 150 valence electrons. The van der Waals surface area contributed by atoms with Crippen LogP contribution in [0.2, 0.25) is 0 Å². The van der Waals surface area contributed by atoms with Gasteiger partial charge in [0, 0.05) is 38.3 Å². The number of amides is 1. The van der Waals surface area contributed by atoms with Crippen LogP contribution in [0.25, 0.3) is 0 Å². The largest absolute Gasteiger partial charge is 0.481 e. The molecule has 2 aromatic rings. The average molecular weight is 385 g/mol. The zero-order valence-electron chi connectivity index (χ0n) is 16.0. The molecule has 1 aromatic heterocycles. The number of carbonyl (C=O) groups is 2. The molecule has 1 amide bonds. The van der Waals surface area contributed by atoms with Gasteiger partial charge in [-0.15, -0.1) is 0 Å². The van der Waals surface area contributed by atoms with Crippen molar-refractivity contribution in [2.24, 2.45) is 0 Å². The van der Waals surface area contributed by atoms with E-state index >= 15 is 0 Å². The molecule has 1 saturated carbocycles. The number of carbonyl (C=O) groups excluding carboxylic acids is 1. The first-order valence-electron chi connectivity index (χ1n) is 9.98. The van der Waals surface area contributed by atoms with Crippen LogP contribution in [0, 0.1) is 0 Å². The molecule has 1 aliphatic carbocycles. The lowest BCUT2D eigenvalue weighted by atomic mass is 10.1. The summed E-state index contributed by atoms with van der Waals surface area (Å²) < 4.78 is 5.33. The third-order valence-electron chi connectivity index (χ3n) is 5.14. The van der Waals surface area contributed by atoms with Gasteiger partial charge in [-0.1, -0.05) is 48.3 Å². The molecule has 1 aromatic carbocycles. The Morgan fingerprint density at radius 1 is 1.14 bits per heavy atom. The zero-order chi connectivity index (χ0) is 19.8. The number of rotatable bonds is 10. The van der Waals surface area contributed by atoms with Crippen LogP contribution >= 0.6 is 0 Å². The van der Waals surface area contributed by atoms with Crippen LogP contribution in [0.3, 0.4) is 0 Å². The highest BCUT2D eigenvalue weighted by Gasteiger charge is 2.23. The first-order chi connectivity index (χ1) is 13.6. The van der Waals surface area contributed by atoms with Crippen LogP contribution in [0.15, 0.2) is 34.9 Å². The molecule has 0 aliphatic heterocycles. The van der Waals surface area contributed by atoms with E-state index in [2.05, 4.69) is 10.1 Å². The van der Waals surface area contributed by atoms with E-state index in [0.717, 1.165) is 24.2 Å². The molecule has 28 heavy (non-hydrogen) atoms. The standard InChI is InChI=1S/C21H27N3O4/c25-19(13-12-18-22-21(23-28-18)17-9-4-5-10-17)24(14-6-11-20(26)27)15-16-7-2-1-3-8-16/h1-3,7-8,17H,4-6,9-15H2,(H,26,27). The van der Waals surface area contributed by atoms with Crippen molar-refractivity contribution in [1.29, 1.82) is 0 Å². The topological polar surface area (TPSA) is 96.5 Å². The summed E-state index contributed by atoms with van der Waals surface area (Å²) in [5, 5.41) is 12.9. The highest BCUT2D eigenvalue weighted by molar-refractivity contribution is 5.76. The fourth-order valence-corrected chi connectivity index (χ4v) is 3.61. The van der Waals surface area contributed by atoms with Crippen molar-refractivity contribution in [3.05, 3.63) is 47.6 Å². The molecule has 0 radical (unpaired) electrons. The van der Waals surface area contributed by atoms with Crippen molar-refractivity contribution in [2.75, 3.05) is 6.54 Å². The number of carboxylic acid groups (broad SMARTS) is 1. The van der Waals surface area contributed by atoms with Crippen molar-refractivity contribution < 1.29 is 19.2 Å². The van der Waals surface area contributed by atoms with Crippen molar-refractivity contribution >= 4 is 11.9 Å². The lowest BCUT2D eigenvalue weighted by Crippen LogP contribution is -2.32. The molecule has 1 fully saturated rings. The fraction of sp³-hybridized carbons (Fsp3) is 0.524. The summed E-state index contributed by atoms with van der Waals surface area (Å²) >= 11 is 0. The Balaban J connectivity index is 1.55. The van der Waals surface area contributed by atoms with E-state index in [-0.39, 0.29) is 18.7 Å². The van der Waals surface area contributed by atoms with E-state index in [1.165, 1.54) is 12.8 Å². The predicted octanol–water partition coefficient (Wildman–Crippen LogP) is 3.55. The molecule has 0 atom stereocenters. The highest BCUT2D eigenvalue weighted by atomic mass is 16.5. The molecule has 0 saturated heterocycles. The number of carboxylic acids is 1. The summed E-state index contributed by atoms with van der Waals surface area (Å²) in [6, 6.07) is 9.71.